The quantitative estimate of drug-likeness (QED) is 0.0948. The van der Waals surface area contributed by atoms with Gasteiger partial charge in [-0.2, -0.15) is 4.98 Å². The maximum absolute atomic E-state index is 13.3. The summed E-state index contributed by atoms with van der Waals surface area (Å²) in [4.78, 5) is 56.3. The third-order valence-electron chi connectivity index (χ3n) is 5.56. The fourth-order valence-electron chi connectivity index (χ4n) is 3.98. The molecule has 0 saturated carbocycles. The number of carbonyl (C=O) groups is 2. The van der Waals surface area contributed by atoms with Crippen LogP contribution in [0.3, 0.4) is 0 Å². The summed E-state index contributed by atoms with van der Waals surface area (Å²) in [7, 11) is -5.10. The van der Waals surface area contributed by atoms with Crippen molar-refractivity contribution in [3.8, 4) is 0 Å². The van der Waals surface area contributed by atoms with Gasteiger partial charge >= 0.3 is 40.9 Å². The number of hydrogen-bond acceptors (Lipinski definition) is 11. The van der Waals surface area contributed by atoms with Crippen LogP contribution in [0, 0.1) is 0 Å². The minimum absolute atomic E-state index is 0. The number of nitrogens with two attached hydrogens (primary N) is 1. The molecular weight excluding hydrogens is 527 g/mol. The second kappa shape index (κ2) is 10.00. The van der Waals surface area contributed by atoms with Crippen LogP contribution in [-0.4, -0.2) is 39.5 Å². The van der Waals surface area contributed by atoms with Crippen molar-refractivity contribution in [1.29, 1.82) is 0 Å². The van der Waals surface area contributed by atoms with Gasteiger partial charge in [0.1, 0.15) is 10.1 Å². The Balaban J connectivity index is 0.00000336. The molecule has 0 radical (unpaired) electrons. The smallest absolute Gasteiger partial charge is 0.744 e. The summed E-state index contributed by atoms with van der Waals surface area (Å²) in [5.74, 6) is -1.36. The molecule has 0 aliphatic heterocycles. The van der Waals surface area contributed by atoms with Crippen LogP contribution in [0.5, 0.6) is 0 Å². The number of ketones is 2. The van der Waals surface area contributed by atoms with Crippen LogP contribution in [-0.2, 0) is 10.1 Å². The normalized spacial score (nSPS) is 12.2. The average Bonchev–Trinajstić information content (AvgIpc) is 2.83. The molecule has 6 N–H and O–H groups in total. The molecular formula is C23H15N6NaO7S. The summed E-state index contributed by atoms with van der Waals surface area (Å²) in [6.07, 6.45) is 0. The van der Waals surface area contributed by atoms with Crippen LogP contribution in [0.4, 0.5) is 28.7 Å². The van der Waals surface area contributed by atoms with E-state index in [9.17, 15) is 32.1 Å². The summed E-state index contributed by atoms with van der Waals surface area (Å²) in [6, 6.07) is 13.0. The van der Waals surface area contributed by atoms with E-state index >= 15 is 0 Å². The van der Waals surface area contributed by atoms with E-state index in [2.05, 4.69) is 20.6 Å². The fraction of sp³-hybridized carbons (Fsp3) is 0. The van der Waals surface area contributed by atoms with E-state index in [0.29, 0.717) is 11.4 Å². The zero-order valence-electron chi connectivity index (χ0n) is 19.5. The summed E-state index contributed by atoms with van der Waals surface area (Å²) >= 11 is 0. The Kier molecular flexibility index (Phi) is 7.10. The number of anilines is 5. The van der Waals surface area contributed by atoms with E-state index in [1.807, 2.05) is 4.98 Å². The number of carbonyl (C=O) groups excluding carboxylic acids is 2. The van der Waals surface area contributed by atoms with Gasteiger partial charge < -0.3 is 20.9 Å². The predicted molar refractivity (Wildman–Crippen MR) is 131 cm³/mol. The van der Waals surface area contributed by atoms with Crippen LogP contribution in [0.1, 0.15) is 31.8 Å². The van der Waals surface area contributed by atoms with Crippen molar-refractivity contribution in [3.05, 3.63) is 97.8 Å². The molecule has 0 saturated heterocycles. The maximum Gasteiger partial charge on any atom is 1.00 e. The molecule has 0 bridgehead atoms. The van der Waals surface area contributed by atoms with Gasteiger partial charge in [0.25, 0.3) is 0 Å². The van der Waals surface area contributed by atoms with Crippen LogP contribution in [0.2, 0.25) is 0 Å². The molecule has 1 aromatic heterocycles. The number of nitrogen functional groups attached to an aromatic ring is 1. The molecule has 1 aliphatic carbocycles. The number of nitrogens with one attached hydrogen (secondary N) is 4. The number of hydrogen-bond donors (Lipinski definition) is 5. The van der Waals surface area contributed by atoms with E-state index in [1.165, 1.54) is 36.4 Å². The molecule has 0 unspecified atom stereocenters. The molecule has 13 nitrogen and oxygen atoms in total. The number of H-pyrrole nitrogens is 2. The molecule has 0 amide bonds. The van der Waals surface area contributed by atoms with Gasteiger partial charge in [0.05, 0.1) is 27.4 Å². The minimum atomic E-state index is -5.10. The van der Waals surface area contributed by atoms with Gasteiger partial charge in [-0.3, -0.25) is 19.6 Å². The standard InChI is InChI=1S/C23H16N6O7S.Na/c24-18-15(37(34,35)36)9-14(16-17(18)20(31)13-4-2-1-3-12(13)19(16)30)25-10-5-7-11(8-6-10)26-21-27-22(32)29-23(33)28-21;/h1-9,25H,24H2,(H,34,35,36)(H3,26,27,28,29,32,33);/q;+1/p-1. The van der Waals surface area contributed by atoms with Gasteiger partial charge in [0.2, 0.25) is 5.95 Å². The van der Waals surface area contributed by atoms with Crippen molar-refractivity contribution in [1.82, 2.24) is 15.0 Å². The molecule has 186 valence electrons. The Morgan fingerprint density at radius 1 is 0.816 bits per heavy atom. The molecule has 15 heteroatoms. The Bertz CT molecular complexity index is 1820. The van der Waals surface area contributed by atoms with Gasteiger partial charge in [-0.1, -0.05) is 24.3 Å². The van der Waals surface area contributed by atoms with Crippen molar-refractivity contribution in [2.24, 2.45) is 0 Å². The monoisotopic (exact) mass is 542 g/mol. The maximum atomic E-state index is 13.3. The molecule has 4 aromatic rings. The van der Waals surface area contributed by atoms with Gasteiger partial charge in [0.15, 0.2) is 11.6 Å². The molecule has 0 spiro atoms. The van der Waals surface area contributed by atoms with E-state index in [1.54, 1.807) is 12.1 Å². The predicted octanol–water partition coefficient (Wildman–Crippen LogP) is -1.79. The van der Waals surface area contributed by atoms with E-state index in [-0.39, 0.29) is 63.4 Å². The van der Waals surface area contributed by atoms with E-state index < -0.39 is 43.6 Å². The number of rotatable bonds is 5. The van der Waals surface area contributed by atoms with Gasteiger partial charge in [-0.05, 0) is 30.3 Å². The van der Waals surface area contributed by atoms with Crippen molar-refractivity contribution in [2.75, 3.05) is 16.4 Å². The number of nitrogens with zero attached hydrogens (tertiary/aromatic N) is 1. The first-order chi connectivity index (χ1) is 17.5. The second-order valence-electron chi connectivity index (χ2n) is 7.92. The molecule has 3 aromatic carbocycles. The van der Waals surface area contributed by atoms with Crippen LogP contribution < -0.4 is 57.3 Å². The SMILES string of the molecule is Nc1c(S(=O)(=O)[O-])cc(Nc2ccc(Nc3nc(=O)[nH]c(=O)[nH]3)cc2)c2c1C(=O)c1ccccc1C2=O.[Na+]. The number of aromatic nitrogens is 3. The Morgan fingerprint density at radius 2 is 1.37 bits per heavy atom. The zero-order chi connectivity index (χ0) is 26.5. The molecule has 5 rings (SSSR count). The van der Waals surface area contributed by atoms with Crippen molar-refractivity contribution in [2.45, 2.75) is 4.90 Å². The first-order valence-electron chi connectivity index (χ1n) is 10.5. The van der Waals surface area contributed by atoms with Crippen LogP contribution >= 0.6 is 0 Å². The molecule has 1 heterocycles. The number of benzene rings is 3. The molecule has 0 atom stereocenters. The summed E-state index contributed by atoms with van der Waals surface area (Å²) < 4.78 is 35.8. The summed E-state index contributed by atoms with van der Waals surface area (Å²) in [5, 5.41) is 5.61. The second-order valence-corrected chi connectivity index (χ2v) is 9.26. The van der Waals surface area contributed by atoms with Crippen molar-refractivity contribution >= 4 is 50.4 Å². The van der Waals surface area contributed by atoms with Crippen molar-refractivity contribution in [3.63, 3.8) is 0 Å². The van der Waals surface area contributed by atoms with E-state index in [4.69, 9.17) is 5.73 Å². The summed E-state index contributed by atoms with van der Waals surface area (Å²) in [6.45, 7) is 0. The topological polar surface area (TPSA) is 220 Å². The Morgan fingerprint density at radius 3 is 1.92 bits per heavy atom. The number of fused-ring (bicyclic) bond motifs is 2. The first-order valence-corrected chi connectivity index (χ1v) is 11.9. The molecule has 38 heavy (non-hydrogen) atoms. The Hall–Kier alpha value is -4.08. The zero-order valence-corrected chi connectivity index (χ0v) is 22.3. The summed E-state index contributed by atoms with van der Waals surface area (Å²) in [5.41, 5.74) is 4.02. The Labute approximate surface area is 235 Å². The fourth-order valence-corrected chi connectivity index (χ4v) is 4.61. The van der Waals surface area contributed by atoms with Gasteiger partial charge in [-0.15, -0.1) is 0 Å². The van der Waals surface area contributed by atoms with E-state index in [0.717, 1.165) is 6.07 Å². The molecule has 1 aliphatic rings. The van der Waals surface area contributed by atoms with Gasteiger partial charge in [-0.25, -0.2) is 18.0 Å². The van der Waals surface area contributed by atoms with Crippen LogP contribution in [0.25, 0.3) is 0 Å². The first kappa shape index (κ1) is 27.0. The van der Waals surface area contributed by atoms with Crippen molar-refractivity contribution < 1.29 is 52.1 Å². The number of aromatic amines is 2. The average molecular weight is 542 g/mol. The van der Waals surface area contributed by atoms with Gasteiger partial charge in [0, 0.05) is 22.5 Å². The third kappa shape index (κ3) is 4.90. The minimum Gasteiger partial charge on any atom is -0.744 e. The largest absolute Gasteiger partial charge is 1.00 e. The van der Waals surface area contributed by atoms with Crippen LogP contribution in [0.15, 0.2) is 69.1 Å². The molecule has 0 fully saturated rings. The third-order valence-corrected chi connectivity index (χ3v) is 6.44.